The van der Waals surface area contributed by atoms with Crippen LogP contribution in [0.4, 0.5) is 11.8 Å². The topological polar surface area (TPSA) is 103 Å². The summed E-state index contributed by atoms with van der Waals surface area (Å²) in [5.41, 5.74) is -0.175. The fraction of sp³-hybridized carbons (Fsp3) is 0.750. The number of nitrogens with zero attached hydrogens (tertiary/aromatic N) is 3. The molecule has 3 rings (SSSR count). The molecule has 0 spiro atoms. The van der Waals surface area contributed by atoms with Crippen LogP contribution in [0.2, 0.25) is 0 Å². The second kappa shape index (κ2) is 8.85. The maximum absolute atomic E-state index is 10.6. The maximum atomic E-state index is 10.6. The van der Waals surface area contributed by atoms with E-state index in [9.17, 15) is 10.4 Å². The molecule has 1 aromatic heterocycles. The molecular weight excluding hydrogens is 342 g/mol. The van der Waals surface area contributed by atoms with Gasteiger partial charge in [0, 0.05) is 19.2 Å². The third kappa shape index (κ3) is 5.08. The van der Waals surface area contributed by atoms with E-state index >= 15 is 0 Å². The molecule has 3 N–H and O–H groups in total. The third-order valence-corrected chi connectivity index (χ3v) is 6.07. The van der Waals surface area contributed by atoms with Crippen LogP contribution in [0.25, 0.3) is 0 Å². The molecule has 0 unspecified atom stereocenters. The monoisotopic (exact) mass is 373 g/mol. The molecule has 2 saturated carbocycles. The Labute approximate surface area is 161 Å². The summed E-state index contributed by atoms with van der Waals surface area (Å²) < 4.78 is 5.42. The van der Waals surface area contributed by atoms with Crippen molar-refractivity contribution in [3.05, 3.63) is 11.8 Å². The number of hydrogen-bond acceptors (Lipinski definition) is 7. The van der Waals surface area contributed by atoms with Crippen LogP contribution in [0.15, 0.2) is 6.20 Å². The predicted octanol–water partition coefficient (Wildman–Crippen LogP) is 3.21. The second-order valence-electron chi connectivity index (χ2n) is 7.94. The van der Waals surface area contributed by atoms with E-state index in [4.69, 9.17) is 4.74 Å². The van der Waals surface area contributed by atoms with Crippen LogP contribution < -0.4 is 10.6 Å². The van der Waals surface area contributed by atoms with Crippen molar-refractivity contribution in [2.24, 2.45) is 0 Å². The minimum Gasteiger partial charge on any atom is -0.390 e. The molecule has 2 aliphatic rings. The van der Waals surface area contributed by atoms with Gasteiger partial charge in [0.2, 0.25) is 5.95 Å². The minimum absolute atomic E-state index is 0.121. The zero-order valence-corrected chi connectivity index (χ0v) is 16.4. The minimum atomic E-state index is -0.614. The Morgan fingerprint density at radius 3 is 2.70 bits per heavy atom. The van der Waals surface area contributed by atoms with Crippen molar-refractivity contribution >= 4 is 11.8 Å². The van der Waals surface area contributed by atoms with Crippen molar-refractivity contribution in [3.8, 4) is 6.07 Å². The summed E-state index contributed by atoms with van der Waals surface area (Å²) in [5.74, 6) is 1.12. The highest BCUT2D eigenvalue weighted by Crippen LogP contribution is 2.33. The van der Waals surface area contributed by atoms with E-state index in [1.54, 1.807) is 13.3 Å². The van der Waals surface area contributed by atoms with Crippen molar-refractivity contribution in [2.75, 3.05) is 17.7 Å². The quantitative estimate of drug-likeness (QED) is 0.703. The first-order valence-electron chi connectivity index (χ1n) is 10.1. The Kier molecular flexibility index (Phi) is 6.51. The fourth-order valence-electron chi connectivity index (χ4n) is 4.25. The number of hydrogen-bond donors (Lipinski definition) is 3. The Morgan fingerprint density at radius 1 is 1.26 bits per heavy atom. The van der Waals surface area contributed by atoms with E-state index in [1.165, 1.54) is 0 Å². The summed E-state index contributed by atoms with van der Waals surface area (Å²) in [4.78, 5) is 8.89. The summed E-state index contributed by atoms with van der Waals surface area (Å²) in [5, 5.41) is 26.8. The lowest BCUT2D eigenvalue weighted by molar-refractivity contribution is -0.00327. The molecule has 7 heteroatoms. The molecule has 1 heterocycles. The van der Waals surface area contributed by atoms with E-state index in [-0.39, 0.29) is 6.04 Å². The highest BCUT2D eigenvalue weighted by atomic mass is 16.5. The van der Waals surface area contributed by atoms with E-state index < -0.39 is 5.60 Å². The molecule has 148 valence electrons. The van der Waals surface area contributed by atoms with E-state index in [2.05, 4.69) is 26.7 Å². The average Bonchev–Trinajstić information content (AvgIpc) is 2.69. The van der Waals surface area contributed by atoms with E-state index in [0.717, 1.165) is 51.4 Å². The van der Waals surface area contributed by atoms with Crippen LogP contribution in [0, 0.1) is 11.3 Å². The Morgan fingerprint density at radius 2 is 2.04 bits per heavy atom. The van der Waals surface area contributed by atoms with Gasteiger partial charge in [0.25, 0.3) is 0 Å². The fourth-order valence-corrected chi connectivity index (χ4v) is 4.25. The van der Waals surface area contributed by atoms with Gasteiger partial charge in [-0.2, -0.15) is 10.2 Å². The Balaban J connectivity index is 1.66. The van der Waals surface area contributed by atoms with Crippen molar-refractivity contribution in [2.45, 2.75) is 88.5 Å². The van der Waals surface area contributed by atoms with Crippen LogP contribution in [0.1, 0.15) is 70.3 Å². The molecular formula is C20H31N5O2. The first-order chi connectivity index (χ1) is 13.0. The molecule has 1 aromatic rings. The lowest BCUT2D eigenvalue weighted by atomic mass is 9.80. The molecule has 2 aliphatic carbocycles. The third-order valence-electron chi connectivity index (χ3n) is 6.07. The molecule has 0 amide bonds. The largest absolute Gasteiger partial charge is 0.390 e. The molecule has 2 fully saturated rings. The lowest BCUT2D eigenvalue weighted by Gasteiger charge is -2.36. The number of ether oxygens (including phenoxy) is 1. The van der Waals surface area contributed by atoms with Crippen molar-refractivity contribution in [1.82, 2.24) is 9.97 Å². The number of rotatable bonds is 6. The summed E-state index contributed by atoms with van der Waals surface area (Å²) in [6.07, 6.45) is 10.3. The first kappa shape index (κ1) is 19.8. The molecule has 0 aliphatic heterocycles. The van der Waals surface area contributed by atoms with Crippen LogP contribution in [0.3, 0.4) is 0 Å². The van der Waals surface area contributed by atoms with Gasteiger partial charge in [-0.15, -0.1) is 0 Å². The number of nitrogens with one attached hydrogen (secondary N) is 2. The molecule has 0 bridgehead atoms. The molecule has 0 saturated heterocycles. The van der Waals surface area contributed by atoms with Crippen LogP contribution in [-0.4, -0.2) is 46.0 Å². The van der Waals surface area contributed by atoms with Gasteiger partial charge < -0.3 is 20.5 Å². The zero-order valence-electron chi connectivity index (χ0n) is 16.4. The molecule has 27 heavy (non-hydrogen) atoms. The smallest absolute Gasteiger partial charge is 0.224 e. The Hall–Kier alpha value is -1.91. The van der Waals surface area contributed by atoms with E-state index in [1.807, 2.05) is 6.92 Å². The van der Waals surface area contributed by atoms with Gasteiger partial charge in [-0.1, -0.05) is 6.92 Å². The van der Waals surface area contributed by atoms with Crippen molar-refractivity contribution in [3.63, 3.8) is 0 Å². The van der Waals surface area contributed by atoms with Gasteiger partial charge in [0.15, 0.2) is 0 Å². The van der Waals surface area contributed by atoms with Crippen LogP contribution in [0.5, 0.6) is 0 Å². The maximum Gasteiger partial charge on any atom is 0.224 e. The van der Waals surface area contributed by atoms with Gasteiger partial charge in [0.1, 0.15) is 17.5 Å². The van der Waals surface area contributed by atoms with Crippen LogP contribution in [-0.2, 0) is 4.74 Å². The highest BCUT2D eigenvalue weighted by molar-refractivity contribution is 5.54. The predicted molar refractivity (Wildman–Crippen MR) is 105 cm³/mol. The molecule has 2 atom stereocenters. The van der Waals surface area contributed by atoms with Gasteiger partial charge in [-0.05, 0) is 57.8 Å². The number of nitriles is 1. The summed E-state index contributed by atoms with van der Waals surface area (Å²) in [7, 11) is 1.77. The second-order valence-corrected chi connectivity index (χ2v) is 7.94. The van der Waals surface area contributed by atoms with Gasteiger partial charge in [-0.25, -0.2) is 4.98 Å². The SMILES string of the molecule is CC[C@@]1(O)CCC[C@@H](Nc2nc(NC3CCC(OC)CC3)ncc2C#N)C1. The summed E-state index contributed by atoms with van der Waals surface area (Å²) in [6.45, 7) is 2.02. The number of aromatic nitrogens is 2. The molecule has 0 radical (unpaired) electrons. The van der Waals surface area contributed by atoms with Crippen molar-refractivity contribution < 1.29 is 9.84 Å². The van der Waals surface area contributed by atoms with Gasteiger partial charge >= 0.3 is 0 Å². The normalized spacial score (nSPS) is 31.1. The lowest BCUT2D eigenvalue weighted by Crippen LogP contribution is -2.40. The van der Waals surface area contributed by atoms with Crippen LogP contribution >= 0.6 is 0 Å². The zero-order chi connectivity index (χ0) is 19.3. The molecule has 7 nitrogen and oxygen atoms in total. The standard InChI is InChI=1S/C20H31N5O2/c1-3-20(26)10-4-5-16(11-20)23-18-14(12-21)13-22-19(25-18)24-15-6-8-17(27-2)9-7-15/h13,15-17,26H,3-11H2,1-2H3,(H2,22,23,24,25)/t15?,16-,17?,20-/m1/s1. The number of methoxy groups -OCH3 is 1. The van der Waals surface area contributed by atoms with E-state index in [0.29, 0.717) is 35.9 Å². The summed E-state index contributed by atoms with van der Waals surface area (Å²) >= 11 is 0. The number of aliphatic hydroxyl groups is 1. The molecule has 0 aromatic carbocycles. The average molecular weight is 374 g/mol. The summed E-state index contributed by atoms with van der Waals surface area (Å²) in [6, 6.07) is 2.62. The van der Waals surface area contributed by atoms with Gasteiger partial charge in [0.05, 0.1) is 17.9 Å². The number of anilines is 2. The highest BCUT2D eigenvalue weighted by Gasteiger charge is 2.33. The van der Waals surface area contributed by atoms with Crippen molar-refractivity contribution in [1.29, 1.82) is 5.26 Å². The van der Waals surface area contributed by atoms with Gasteiger partial charge in [-0.3, -0.25) is 0 Å². The Bertz CT molecular complexity index is 669. The first-order valence-corrected chi connectivity index (χ1v) is 10.1.